The molecule has 1 atom stereocenters. The van der Waals surface area contributed by atoms with Crippen molar-refractivity contribution in [3.8, 4) is 6.07 Å². The monoisotopic (exact) mass is 256 g/mol. The summed E-state index contributed by atoms with van der Waals surface area (Å²) in [5.74, 6) is 0. The van der Waals surface area contributed by atoms with E-state index in [-0.39, 0.29) is 6.04 Å². The number of hydrogen-bond acceptors (Lipinski definition) is 3. The maximum Gasteiger partial charge on any atom is 0.0992 e. The van der Waals surface area contributed by atoms with Gasteiger partial charge in [0, 0.05) is 21.5 Å². The maximum atomic E-state index is 8.88. The Labute approximate surface area is 112 Å². The number of thiophene rings is 1. The second-order valence-corrected chi connectivity index (χ2v) is 5.89. The molecule has 0 fully saturated rings. The minimum absolute atomic E-state index is 0.254. The van der Waals surface area contributed by atoms with Crippen LogP contribution in [-0.2, 0) is 0 Å². The van der Waals surface area contributed by atoms with Crippen LogP contribution in [0.5, 0.6) is 0 Å². The van der Waals surface area contributed by atoms with Crippen LogP contribution in [0, 0.1) is 25.2 Å². The fourth-order valence-electron chi connectivity index (χ4n) is 2.09. The van der Waals surface area contributed by atoms with Crippen molar-refractivity contribution in [2.24, 2.45) is 0 Å². The molecule has 0 aliphatic rings. The molecule has 1 aromatic heterocycles. The molecule has 2 aromatic rings. The molecule has 0 saturated carbocycles. The van der Waals surface area contributed by atoms with E-state index in [2.05, 4.69) is 38.2 Å². The highest BCUT2D eigenvalue weighted by Crippen LogP contribution is 2.28. The number of hydrogen-bond donors (Lipinski definition) is 1. The zero-order valence-corrected chi connectivity index (χ0v) is 11.6. The van der Waals surface area contributed by atoms with Gasteiger partial charge in [-0.15, -0.1) is 11.3 Å². The first-order chi connectivity index (χ1) is 8.60. The Kier molecular flexibility index (Phi) is 3.69. The smallest absolute Gasteiger partial charge is 0.0992 e. The molecular formula is C15H16N2S. The van der Waals surface area contributed by atoms with Crippen molar-refractivity contribution in [3.63, 3.8) is 0 Å². The van der Waals surface area contributed by atoms with Crippen molar-refractivity contribution in [2.75, 3.05) is 5.32 Å². The largest absolute Gasteiger partial charge is 0.378 e. The first kappa shape index (κ1) is 12.7. The van der Waals surface area contributed by atoms with Crippen LogP contribution in [0.25, 0.3) is 0 Å². The number of nitrogens with one attached hydrogen (secondary N) is 1. The molecule has 0 radical (unpaired) electrons. The predicted molar refractivity (Wildman–Crippen MR) is 77.0 cm³/mol. The van der Waals surface area contributed by atoms with E-state index in [0.29, 0.717) is 5.56 Å². The highest BCUT2D eigenvalue weighted by atomic mass is 32.1. The minimum Gasteiger partial charge on any atom is -0.378 e. The molecular weight excluding hydrogens is 240 g/mol. The number of benzene rings is 1. The lowest BCUT2D eigenvalue weighted by atomic mass is 10.1. The van der Waals surface area contributed by atoms with Crippen molar-refractivity contribution in [3.05, 3.63) is 51.2 Å². The van der Waals surface area contributed by atoms with Crippen LogP contribution in [0.2, 0.25) is 0 Å². The van der Waals surface area contributed by atoms with E-state index in [1.165, 1.54) is 15.3 Å². The SMILES string of the molecule is Cc1cc(C(C)Nc2cccc(C#N)c2)c(C)s1. The van der Waals surface area contributed by atoms with E-state index in [0.717, 1.165) is 5.69 Å². The van der Waals surface area contributed by atoms with Gasteiger partial charge >= 0.3 is 0 Å². The zero-order chi connectivity index (χ0) is 13.1. The lowest BCUT2D eigenvalue weighted by Crippen LogP contribution is -2.06. The van der Waals surface area contributed by atoms with E-state index >= 15 is 0 Å². The van der Waals surface area contributed by atoms with Gasteiger partial charge in [0.15, 0.2) is 0 Å². The Morgan fingerprint density at radius 3 is 2.67 bits per heavy atom. The highest BCUT2D eigenvalue weighted by molar-refractivity contribution is 7.12. The van der Waals surface area contributed by atoms with Crippen LogP contribution in [0.15, 0.2) is 30.3 Å². The Bertz CT molecular complexity index is 593. The summed E-state index contributed by atoms with van der Waals surface area (Å²) in [4.78, 5) is 2.69. The van der Waals surface area contributed by atoms with Crippen LogP contribution >= 0.6 is 11.3 Å². The molecule has 0 saturated heterocycles. The Morgan fingerprint density at radius 1 is 1.28 bits per heavy atom. The lowest BCUT2D eigenvalue weighted by Gasteiger charge is -2.15. The molecule has 0 amide bonds. The van der Waals surface area contributed by atoms with Crippen LogP contribution in [0.4, 0.5) is 5.69 Å². The van der Waals surface area contributed by atoms with Gasteiger partial charge in [0.1, 0.15) is 0 Å². The standard InChI is InChI=1S/C15H16N2S/c1-10-7-15(12(3)18-10)11(2)17-14-6-4-5-13(8-14)9-16/h4-8,11,17H,1-3H3. The molecule has 2 nitrogen and oxygen atoms in total. The van der Waals surface area contributed by atoms with Crippen molar-refractivity contribution in [1.29, 1.82) is 5.26 Å². The van der Waals surface area contributed by atoms with Crippen molar-refractivity contribution >= 4 is 17.0 Å². The number of rotatable bonds is 3. The number of nitrogens with zero attached hydrogens (tertiary/aromatic N) is 1. The molecule has 1 heterocycles. The Morgan fingerprint density at radius 2 is 2.06 bits per heavy atom. The van der Waals surface area contributed by atoms with Gasteiger partial charge in [0.05, 0.1) is 11.6 Å². The summed E-state index contributed by atoms with van der Waals surface area (Å²) >= 11 is 1.82. The molecule has 0 aliphatic carbocycles. The molecule has 0 bridgehead atoms. The van der Waals surface area contributed by atoms with Gasteiger partial charge in [-0.25, -0.2) is 0 Å². The van der Waals surface area contributed by atoms with Gasteiger partial charge < -0.3 is 5.32 Å². The van der Waals surface area contributed by atoms with Crippen LogP contribution < -0.4 is 5.32 Å². The quantitative estimate of drug-likeness (QED) is 0.883. The summed E-state index contributed by atoms with van der Waals surface area (Å²) in [5.41, 5.74) is 3.01. The molecule has 1 unspecified atom stereocenters. The van der Waals surface area contributed by atoms with Gasteiger partial charge in [-0.2, -0.15) is 5.26 Å². The second-order valence-electron chi connectivity index (χ2n) is 4.43. The topological polar surface area (TPSA) is 35.8 Å². The van der Waals surface area contributed by atoms with Gasteiger partial charge in [-0.3, -0.25) is 0 Å². The van der Waals surface area contributed by atoms with E-state index < -0.39 is 0 Å². The molecule has 3 heteroatoms. The fourth-order valence-corrected chi connectivity index (χ4v) is 3.11. The van der Waals surface area contributed by atoms with Crippen molar-refractivity contribution in [1.82, 2.24) is 0 Å². The second kappa shape index (κ2) is 5.24. The number of aryl methyl sites for hydroxylation is 2. The van der Waals surface area contributed by atoms with Gasteiger partial charge in [-0.1, -0.05) is 6.07 Å². The normalized spacial score (nSPS) is 11.9. The van der Waals surface area contributed by atoms with Gasteiger partial charge in [-0.05, 0) is 50.6 Å². The summed E-state index contributed by atoms with van der Waals surface area (Å²) in [6.45, 7) is 6.43. The van der Waals surface area contributed by atoms with Gasteiger partial charge in [0.2, 0.25) is 0 Å². The summed E-state index contributed by atoms with van der Waals surface area (Å²) in [6.07, 6.45) is 0. The third kappa shape index (κ3) is 2.72. The maximum absolute atomic E-state index is 8.88. The van der Waals surface area contributed by atoms with E-state index in [4.69, 9.17) is 5.26 Å². The van der Waals surface area contributed by atoms with Crippen LogP contribution in [-0.4, -0.2) is 0 Å². The summed E-state index contributed by atoms with van der Waals surface area (Å²) in [7, 11) is 0. The molecule has 92 valence electrons. The Hall–Kier alpha value is -1.79. The molecule has 1 aromatic carbocycles. The van der Waals surface area contributed by atoms with Crippen LogP contribution in [0.1, 0.15) is 33.8 Å². The summed E-state index contributed by atoms with van der Waals surface area (Å²) in [6, 6.07) is 12.2. The van der Waals surface area contributed by atoms with E-state index in [1.54, 1.807) is 0 Å². The fraction of sp³-hybridized carbons (Fsp3) is 0.267. The lowest BCUT2D eigenvalue weighted by molar-refractivity contribution is 0.881. The predicted octanol–water partition coefficient (Wildman–Crippen LogP) is 4.41. The number of anilines is 1. The van der Waals surface area contributed by atoms with E-state index in [9.17, 15) is 0 Å². The minimum atomic E-state index is 0.254. The molecule has 1 N–H and O–H groups in total. The van der Waals surface area contributed by atoms with Crippen molar-refractivity contribution < 1.29 is 0 Å². The first-order valence-corrected chi connectivity index (χ1v) is 6.75. The van der Waals surface area contributed by atoms with E-state index in [1.807, 2.05) is 35.6 Å². The first-order valence-electron chi connectivity index (χ1n) is 5.94. The third-order valence-electron chi connectivity index (χ3n) is 2.92. The van der Waals surface area contributed by atoms with Gasteiger partial charge in [0.25, 0.3) is 0 Å². The molecule has 0 aliphatic heterocycles. The zero-order valence-electron chi connectivity index (χ0n) is 10.8. The summed E-state index contributed by atoms with van der Waals surface area (Å²) in [5, 5.41) is 12.3. The van der Waals surface area contributed by atoms with Crippen molar-refractivity contribution in [2.45, 2.75) is 26.8 Å². The average molecular weight is 256 g/mol. The molecule has 18 heavy (non-hydrogen) atoms. The third-order valence-corrected chi connectivity index (χ3v) is 3.90. The average Bonchev–Trinajstić information content (AvgIpc) is 2.69. The number of nitriles is 1. The van der Waals surface area contributed by atoms with Crippen LogP contribution in [0.3, 0.4) is 0 Å². The Balaban J connectivity index is 2.18. The molecule has 2 rings (SSSR count). The highest BCUT2D eigenvalue weighted by Gasteiger charge is 2.11. The summed E-state index contributed by atoms with van der Waals surface area (Å²) < 4.78 is 0. The molecule has 0 spiro atoms.